The van der Waals surface area contributed by atoms with Gasteiger partial charge >= 0.3 is 0 Å². The lowest BCUT2D eigenvalue weighted by atomic mass is 10.1. The lowest BCUT2D eigenvalue weighted by Crippen LogP contribution is -2.30. The Labute approximate surface area is 91.4 Å². The lowest BCUT2D eigenvalue weighted by molar-refractivity contribution is 0.274. The van der Waals surface area contributed by atoms with Crippen LogP contribution in [-0.2, 0) is 0 Å². The fourth-order valence-corrected chi connectivity index (χ4v) is 1.71. The van der Waals surface area contributed by atoms with E-state index in [0.717, 1.165) is 5.75 Å². The van der Waals surface area contributed by atoms with Crippen molar-refractivity contribution in [1.29, 1.82) is 0 Å². The quantitative estimate of drug-likeness (QED) is 0.819. The second-order valence-corrected chi connectivity index (χ2v) is 4.58. The topological polar surface area (TPSA) is 35.2 Å². The van der Waals surface area contributed by atoms with Crippen LogP contribution in [0.4, 0.5) is 0 Å². The molecular formula is C13H19NO. The molecule has 1 saturated carbocycles. The predicted molar refractivity (Wildman–Crippen MR) is 62.1 cm³/mol. The molecule has 1 aromatic carbocycles. The van der Waals surface area contributed by atoms with Gasteiger partial charge < -0.3 is 10.5 Å². The van der Waals surface area contributed by atoms with Crippen molar-refractivity contribution in [2.24, 2.45) is 11.7 Å². The van der Waals surface area contributed by atoms with Crippen LogP contribution < -0.4 is 10.5 Å². The summed E-state index contributed by atoms with van der Waals surface area (Å²) < 4.78 is 5.76. The van der Waals surface area contributed by atoms with Crippen molar-refractivity contribution in [1.82, 2.24) is 0 Å². The molecule has 0 aliphatic heterocycles. The Bertz CT molecular complexity index is 344. The van der Waals surface area contributed by atoms with Gasteiger partial charge in [-0.1, -0.05) is 12.1 Å². The molecular weight excluding hydrogens is 186 g/mol. The standard InChI is InChI=1S/C13H19NO/c1-9-3-4-10(2)13(7-9)15-8-12(14)11-5-6-11/h3-4,7,11-12H,5-6,8,14H2,1-2H3. The van der Waals surface area contributed by atoms with Gasteiger partial charge in [-0.2, -0.15) is 0 Å². The van der Waals surface area contributed by atoms with Crippen LogP contribution in [0.25, 0.3) is 0 Å². The zero-order valence-electron chi connectivity index (χ0n) is 9.49. The maximum absolute atomic E-state index is 5.99. The smallest absolute Gasteiger partial charge is 0.122 e. The maximum Gasteiger partial charge on any atom is 0.122 e. The van der Waals surface area contributed by atoms with E-state index in [4.69, 9.17) is 10.5 Å². The normalized spacial score (nSPS) is 17.5. The summed E-state index contributed by atoms with van der Waals surface area (Å²) in [5.74, 6) is 1.68. The molecule has 1 aliphatic rings. The number of hydrogen-bond acceptors (Lipinski definition) is 2. The van der Waals surface area contributed by atoms with Crippen molar-refractivity contribution in [3.63, 3.8) is 0 Å². The highest BCUT2D eigenvalue weighted by Crippen LogP contribution is 2.32. The molecule has 0 spiro atoms. The fourth-order valence-electron chi connectivity index (χ4n) is 1.71. The summed E-state index contributed by atoms with van der Waals surface area (Å²) in [6, 6.07) is 6.48. The van der Waals surface area contributed by atoms with E-state index in [1.807, 2.05) is 0 Å². The highest BCUT2D eigenvalue weighted by atomic mass is 16.5. The van der Waals surface area contributed by atoms with E-state index in [1.54, 1.807) is 0 Å². The van der Waals surface area contributed by atoms with Crippen molar-refractivity contribution >= 4 is 0 Å². The second-order valence-electron chi connectivity index (χ2n) is 4.58. The Morgan fingerprint density at radius 1 is 1.40 bits per heavy atom. The summed E-state index contributed by atoms with van der Waals surface area (Å²) >= 11 is 0. The Kier molecular flexibility index (Phi) is 2.96. The van der Waals surface area contributed by atoms with Crippen LogP contribution >= 0.6 is 0 Å². The summed E-state index contributed by atoms with van der Waals surface area (Å²) in [5, 5.41) is 0. The van der Waals surface area contributed by atoms with E-state index in [2.05, 4.69) is 32.0 Å². The van der Waals surface area contributed by atoms with E-state index in [-0.39, 0.29) is 6.04 Å². The molecule has 2 N–H and O–H groups in total. The monoisotopic (exact) mass is 205 g/mol. The van der Waals surface area contributed by atoms with Crippen molar-refractivity contribution < 1.29 is 4.74 Å². The summed E-state index contributed by atoms with van der Waals surface area (Å²) in [5.41, 5.74) is 8.41. The highest BCUT2D eigenvalue weighted by molar-refractivity contribution is 5.35. The van der Waals surface area contributed by atoms with Gasteiger partial charge in [0.1, 0.15) is 12.4 Å². The first kappa shape index (κ1) is 10.5. The molecule has 2 rings (SSSR count). The van der Waals surface area contributed by atoms with Gasteiger partial charge in [0.05, 0.1) is 0 Å². The third-order valence-corrected chi connectivity index (χ3v) is 3.00. The van der Waals surface area contributed by atoms with Gasteiger partial charge in [-0.05, 0) is 49.8 Å². The third kappa shape index (κ3) is 2.72. The summed E-state index contributed by atoms with van der Waals surface area (Å²) in [6.45, 7) is 4.79. The molecule has 0 radical (unpaired) electrons. The van der Waals surface area contributed by atoms with Crippen molar-refractivity contribution in [3.8, 4) is 5.75 Å². The van der Waals surface area contributed by atoms with Crippen molar-refractivity contribution in [3.05, 3.63) is 29.3 Å². The summed E-state index contributed by atoms with van der Waals surface area (Å²) in [6.07, 6.45) is 2.55. The first-order chi connectivity index (χ1) is 7.16. The van der Waals surface area contributed by atoms with Crippen LogP contribution in [0.3, 0.4) is 0 Å². The minimum absolute atomic E-state index is 0.213. The molecule has 0 heterocycles. The average Bonchev–Trinajstić information content (AvgIpc) is 3.02. The zero-order valence-corrected chi connectivity index (χ0v) is 9.49. The van der Waals surface area contributed by atoms with E-state index in [1.165, 1.54) is 24.0 Å². The van der Waals surface area contributed by atoms with Crippen molar-refractivity contribution in [2.45, 2.75) is 32.7 Å². The zero-order chi connectivity index (χ0) is 10.8. The first-order valence-electron chi connectivity index (χ1n) is 5.62. The van der Waals surface area contributed by atoms with E-state index < -0.39 is 0 Å². The highest BCUT2D eigenvalue weighted by Gasteiger charge is 2.28. The van der Waals surface area contributed by atoms with Crippen molar-refractivity contribution in [2.75, 3.05) is 6.61 Å². The van der Waals surface area contributed by atoms with Gasteiger partial charge in [0, 0.05) is 6.04 Å². The molecule has 1 aliphatic carbocycles. The molecule has 15 heavy (non-hydrogen) atoms. The lowest BCUT2D eigenvalue weighted by Gasteiger charge is -2.14. The molecule has 0 aromatic heterocycles. The minimum Gasteiger partial charge on any atom is -0.492 e. The molecule has 2 nitrogen and oxygen atoms in total. The van der Waals surface area contributed by atoms with Gasteiger partial charge in [0.25, 0.3) is 0 Å². The van der Waals surface area contributed by atoms with Crippen LogP contribution in [-0.4, -0.2) is 12.6 Å². The molecule has 1 unspecified atom stereocenters. The largest absolute Gasteiger partial charge is 0.492 e. The number of benzene rings is 1. The summed E-state index contributed by atoms with van der Waals surface area (Å²) in [4.78, 5) is 0. The van der Waals surface area contributed by atoms with E-state index >= 15 is 0 Å². The number of ether oxygens (including phenoxy) is 1. The van der Waals surface area contributed by atoms with Gasteiger partial charge in [0.15, 0.2) is 0 Å². The van der Waals surface area contributed by atoms with Gasteiger partial charge in [-0.15, -0.1) is 0 Å². The molecule has 1 atom stereocenters. The molecule has 1 fully saturated rings. The SMILES string of the molecule is Cc1ccc(C)c(OCC(N)C2CC2)c1. The molecule has 0 saturated heterocycles. The van der Waals surface area contributed by atoms with Crippen LogP contribution in [0.5, 0.6) is 5.75 Å². The minimum atomic E-state index is 0.213. The Hall–Kier alpha value is -1.02. The average molecular weight is 205 g/mol. The molecule has 82 valence electrons. The predicted octanol–water partition coefficient (Wildman–Crippen LogP) is 2.42. The Morgan fingerprint density at radius 2 is 2.13 bits per heavy atom. The van der Waals surface area contributed by atoms with Crippen LogP contribution in [0, 0.1) is 19.8 Å². The van der Waals surface area contributed by atoms with Gasteiger partial charge in [-0.25, -0.2) is 0 Å². The number of aryl methyl sites for hydroxylation is 2. The fraction of sp³-hybridized carbons (Fsp3) is 0.538. The van der Waals surface area contributed by atoms with Gasteiger partial charge in [-0.3, -0.25) is 0 Å². The number of nitrogens with two attached hydrogens (primary N) is 1. The molecule has 1 aromatic rings. The van der Waals surface area contributed by atoms with E-state index in [9.17, 15) is 0 Å². The molecule has 0 amide bonds. The van der Waals surface area contributed by atoms with Gasteiger partial charge in [0.2, 0.25) is 0 Å². The first-order valence-corrected chi connectivity index (χ1v) is 5.62. The van der Waals surface area contributed by atoms with Crippen LogP contribution in [0.2, 0.25) is 0 Å². The van der Waals surface area contributed by atoms with E-state index in [0.29, 0.717) is 12.5 Å². The third-order valence-electron chi connectivity index (χ3n) is 3.00. The maximum atomic E-state index is 5.99. The van der Waals surface area contributed by atoms with Crippen LogP contribution in [0.1, 0.15) is 24.0 Å². The number of hydrogen-bond donors (Lipinski definition) is 1. The van der Waals surface area contributed by atoms with Crippen LogP contribution in [0.15, 0.2) is 18.2 Å². The summed E-state index contributed by atoms with van der Waals surface area (Å²) in [7, 11) is 0. The molecule has 0 bridgehead atoms. The Balaban J connectivity index is 1.94. The number of rotatable bonds is 4. The Morgan fingerprint density at radius 3 is 2.80 bits per heavy atom. The second kappa shape index (κ2) is 4.23. The molecule has 2 heteroatoms.